The molecule has 2 aromatic heterocycles. The minimum atomic E-state index is -0.174. The van der Waals surface area contributed by atoms with Crippen molar-refractivity contribution in [1.82, 2.24) is 25.3 Å². The standard InChI is InChI=1S/C11H14N6O/c1-8-6-9(7-10(12)15-8)11(18)13-2-4-17-5-3-14-16-17/h3,5-7H,2,4H2,1H3,(H2,12,15)(H,13,18). The van der Waals surface area contributed by atoms with Gasteiger partial charge in [0.15, 0.2) is 0 Å². The molecule has 2 heterocycles. The smallest absolute Gasteiger partial charge is 0.251 e. The molecule has 1 amide bonds. The van der Waals surface area contributed by atoms with E-state index in [-0.39, 0.29) is 5.91 Å². The number of carbonyl (C=O) groups excluding carboxylic acids is 1. The molecular weight excluding hydrogens is 232 g/mol. The second-order valence-corrected chi connectivity index (χ2v) is 3.84. The topological polar surface area (TPSA) is 98.7 Å². The molecule has 0 aliphatic carbocycles. The third kappa shape index (κ3) is 3.03. The molecule has 94 valence electrons. The Kier molecular flexibility index (Phi) is 3.52. The molecule has 0 saturated heterocycles. The fourth-order valence-electron chi connectivity index (χ4n) is 1.56. The molecule has 0 saturated carbocycles. The molecular formula is C11H14N6O. The first-order valence-corrected chi connectivity index (χ1v) is 5.51. The van der Waals surface area contributed by atoms with Crippen LogP contribution in [-0.2, 0) is 6.54 Å². The van der Waals surface area contributed by atoms with E-state index in [9.17, 15) is 4.79 Å². The summed E-state index contributed by atoms with van der Waals surface area (Å²) in [6.07, 6.45) is 3.33. The Balaban J connectivity index is 1.91. The molecule has 0 aliphatic heterocycles. The highest BCUT2D eigenvalue weighted by atomic mass is 16.1. The fraction of sp³-hybridized carbons (Fsp3) is 0.273. The SMILES string of the molecule is Cc1cc(C(=O)NCCn2ccnn2)cc(N)n1. The number of aryl methyl sites for hydroxylation is 1. The highest BCUT2D eigenvalue weighted by Crippen LogP contribution is 2.06. The van der Waals surface area contributed by atoms with Crippen LogP contribution in [0.15, 0.2) is 24.5 Å². The Hall–Kier alpha value is -2.44. The van der Waals surface area contributed by atoms with E-state index >= 15 is 0 Å². The van der Waals surface area contributed by atoms with Crippen LogP contribution >= 0.6 is 0 Å². The van der Waals surface area contributed by atoms with Crippen molar-refractivity contribution in [2.75, 3.05) is 12.3 Å². The average Bonchev–Trinajstić information content (AvgIpc) is 2.80. The Labute approximate surface area is 104 Å². The van der Waals surface area contributed by atoms with Gasteiger partial charge >= 0.3 is 0 Å². The number of nitrogen functional groups attached to an aromatic ring is 1. The van der Waals surface area contributed by atoms with Gasteiger partial charge in [0.1, 0.15) is 5.82 Å². The van der Waals surface area contributed by atoms with Gasteiger partial charge in [0.2, 0.25) is 0 Å². The van der Waals surface area contributed by atoms with E-state index in [1.54, 1.807) is 36.1 Å². The number of amides is 1. The van der Waals surface area contributed by atoms with Gasteiger partial charge in [0.25, 0.3) is 5.91 Å². The summed E-state index contributed by atoms with van der Waals surface area (Å²) < 4.78 is 1.65. The largest absolute Gasteiger partial charge is 0.384 e. The van der Waals surface area contributed by atoms with Crippen LogP contribution in [0.5, 0.6) is 0 Å². The summed E-state index contributed by atoms with van der Waals surface area (Å²) in [6, 6.07) is 3.25. The summed E-state index contributed by atoms with van der Waals surface area (Å²) in [7, 11) is 0. The molecule has 2 aromatic rings. The Morgan fingerprint density at radius 3 is 3.00 bits per heavy atom. The van der Waals surface area contributed by atoms with Crippen molar-refractivity contribution in [3.05, 3.63) is 35.8 Å². The quantitative estimate of drug-likeness (QED) is 0.790. The van der Waals surface area contributed by atoms with Crippen LogP contribution in [0, 0.1) is 6.92 Å². The second kappa shape index (κ2) is 5.26. The van der Waals surface area contributed by atoms with Gasteiger partial charge in [-0.1, -0.05) is 5.21 Å². The lowest BCUT2D eigenvalue weighted by Gasteiger charge is -2.06. The zero-order chi connectivity index (χ0) is 13.0. The molecule has 0 aromatic carbocycles. The van der Waals surface area contributed by atoms with Crippen LogP contribution in [0.4, 0.5) is 5.82 Å². The van der Waals surface area contributed by atoms with Gasteiger partial charge < -0.3 is 11.1 Å². The third-order valence-corrected chi connectivity index (χ3v) is 2.33. The molecule has 18 heavy (non-hydrogen) atoms. The number of aromatic nitrogens is 4. The summed E-state index contributed by atoms with van der Waals surface area (Å²) in [5.41, 5.74) is 6.82. The van der Waals surface area contributed by atoms with Crippen molar-refractivity contribution in [2.24, 2.45) is 0 Å². The van der Waals surface area contributed by atoms with Crippen molar-refractivity contribution < 1.29 is 4.79 Å². The average molecular weight is 246 g/mol. The van der Waals surface area contributed by atoms with E-state index in [1.807, 2.05) is 0 Å². The van der Waals surface area contributed by atoms with E-state index in [1.165, 1.54) is 0 Å². The molecule has 0 spiro atoms. The van der Waals surface area contributed by atoms with Crippen LogP contribution in [0.2, 0.25) is 0 Å². The van der Waals surface area contributed by atoms with Crippen LogP contribution in [0.1, 0.15) is 16.1 Å². The number of rotatable bonds is 4. The number of pyridine rings is 1. The first-order valence-electron chi connectivity index (χ1n) is 5.51. The zero-order valence-corrected chi connectivity index (χ0v) is 10.00. The molecule has 0 unspecified atom stereocenters. The fourth-order valence-corrected chi connectivity index (χ4v) is 1.56. The molecule has 0 atom stereocenters. The van der Waals surface area contributed by atoms with E-state index in [2.05, 4.69) is 20.6 Å². The molecule has 0 bridgehead atoms. The highest BCUT2D eigenvalue weighted by molar-refractivity contribution is 5.94. The van der Waals surface area contributed by atoms with E-state index in [0.29, 0.717) is 24.5 Å². The van der Waals surface area contributed by atoms with Crippen LogP contribution in [0.25, 0.3) is 0 Å². The molecule has 2 rings (SSSR count). The molecule has 0 fully saturated rings. The minimum Gasteiger partial charge on any atom is -0.384 e. The number of hydrogen-bond acceptors (Lipinski definition) is 5. The molecule has 0 radical (unpaired) electrons. The summed E-state index contributed by atoms with van der Waals surface area (Å²) in [6.45, 7) is 2.84. The van der Waals surface area contributed by atoms with Crippen molar-refractivity contribution in [3.63, 3.8) is 0 Å². The number of nitrogens with one attached hydrogen (secondary N) is 1. The molecule has 7 nitrogen and oxygen atoms in total. The maximum atomic E-state index is 11.8. The predicted molar refractivity (Wildman–Crippen MR) is 65.7 cm³/mol. The van der Waals surface area contributed by atoms with Crippen molar-refractivity contribution in [2.45, 2.75) is 13.5 Å². The van der Waals surface area contributed by atoms with Gasteiger partial charge in [-0.2, -0.15) is 0 Å². The van der Waals surface area contributed by atoms with E-state index in [4.69, 9.17) is 5.73 Å². The van der Waals surface area contributed by atoms with Crippen molar-refractivity contribution in [3.8, 4) is 0 Å². The molecule has 0 aliphatic rings. The zero-order valence-electron chi connectivity index (χ0n) is 10.00. The number of hydrogen-bond donors (Lipinski definition) is 2. The third-order valence-electron chi connectivity index (χ3n) is 2.33. The number of anilines is 1. The maximum absolute atomic E-state index is 11.8. The summed E-state index contributed by atoms with van der Waals surface area (Å²) in [5, 5.41) is 10.3. The number of carbonyl (C=O) groups is 1. The van der Waals surface area contributed by atoms with Gasteiger partial charge in [-0.15, -0.1) is 5.10 Å². The van der Waals surface area contributed by atoms with Crippen LogP contribution in [0.3, 0.4) is 0 Å². The highest BCUT2D eigenvalue weighted by Gasteiger charge is 2.06. The monoisotopic (exact) mass is 246 g/mol. The normalized spacial score (nSPS) is 10.3. The Morgan fingerprint density at radius 1 is 1.50 bits per heavy atom. The Morgan fingerprint density at radius 2 is 2.33 bits per heavy atom. The first-order chi connectivity index (χ1) is 8.65. The number of nitrogens with zero attached hydrogens (tertiary/aromatic N) is 4. The van der Waals surface area contributed by atoms with E-state index in [0.717, 1.165) is 5.69 Å². The van der Waals surface area contributed by atoms with Crippen molar-refractivity contribution >= 4 is 11.7 Å². The summed E-state index contributed by atoms with van der Waals surface area (Å²) in [4.78, 5) is 15.9. The van der Waals surface area contributed by atoms with E-state index < -0.39 is 0 Å². The molecule has 7 heteroatoms. The van der Waals surface area contributed by atoms with Gasteiger partial charge in [-0.25, -0.2) is 4.98 Å². The lowest BCUT2D eigenvalue weighted by atomic mass is 10.2. The maximum Gasteiger partial charge on any atom is 0.251 e. The lowest BCUT2D eigenvalue weighted by Crippen LogP contribution is -2.27. The van der Waals surface area contributed by atoms with Crippen LogP contribution in [-0.4, -0.2) is 32.4 Å². The van der Waals surface area contributed by atoms with Gasteiger partial charge in [-0.3, -0.25) is 9.48 Å². The van der Waals surface area contributed by atoms with Crippen LogP contribution < -0.4 is 11.1 Å². The van der Waals surface area contributed by atoms with Crippen molar-refractivity contribution in [1.29, 1.82) is 0 Å². The second-order valence-electron chi connectivity index (χ2n) is 3.84. The number of nitrogens with two attached hydrogens (primary N) is 1. The predicted octanol–water partition coefficient (Wildman–Crippen LogP) is -0.00628. The first kappa shape index (κ1) is 12.0. The molecule has 3 N–H and O–H groups in total. The summed E-state index contributed by atoms with van der Waals surface area (Å²) in [5.74, 6) is 0.170. The lowest BCUT2D eigenvalue weighted by molar-refractivity contribution is 0.0951. The van der Waals surface area contributed by atoms with Gasteiger partial charge in [0.05, 0.1) is 12.7 Å². The summed E-state index contributed by atoms with van der Waals surface area (Å²) >= 11 is 0. The van der Waals surface area contributed by atoms with Gasteiger partial charge in [-0.05, 0) is 19.1 Å². The Bertz CT molecular complexity index is 516. The van der Waals surface area contributed by atoms with Gasteiger partial charge in [0, 0.05) is 24.0 Å². The minimum absolute atomic E-state index is 0.174.